The molecule has 3 rings (SSSR count). The SMILES string of the molecule is CCNC(=O)N1CCN(c2cc(Cl)nc(SCC(=O)N3CCN(CC)CC3)n2)CC1C. The van der Waals surface area contributed by atoms with Gasteiger partial charge >= 0.3 is 6.03 Å². The third kappa shape index (κ3) is 6.36. The number of likely N-dealkylation sites (N-methyl/N-ethyl adjacent to an activating group) is 1. The highest BCUT2D eigenvalue weighted by atomic mass is 35.5. The molecule has 1 aromatic heterocycles. The predicted molar refractivity (Wildman–Crippen MR) is 124 cm³/mol. The molecule has 9 nitrogen and oxygen atoms in total. The molecule has 3 heterocycles. The van der Waals surface area contributed by atoms with Gasteiger partial charge in [0, 0.05) is 64.5 Å². The molecule has 0 spiro atoms. The predicted octanol–water partition coefficient (Wildman–Crippen LogP) is 1.63. The summed E-state index contributed by atoms with van der Waals surface area (Å²) in [7, 11) is 0. The number of halogens is 1. The van der Waals surface area contributed by atoms with E-state index in [0.717, 1.165) is 38.5 Å². The summed E-state index contributed by atoms with van der Waals surface area (Å²) in [4.78, 5) is 41.9. The van der Waals surface area contributed by atoms with Crippen LogP contribution in [0.25, 0.3) is 0 Å². The maximum absolute atomic E-state index is 12.6. The van der Waals surface area contributed by atoms with Gasteiger partial charge in [-0.1, -0.05) is 30.3 Å². The summed E-state index contributed by atoms with van der Waals surface area (Å²) in [6.45, 7) is 13.0. The number of piperazine rings is 2. The molecule has 2 fully saturated rings. The van der Waals surface area contributed by atoms with Crippen molar-refractivity contribution in [3.8, 4) is 0 Å². The second-order valence-electron chi connectivity index (χ2n) is 7.76. The second kappa shape index (κ2) is 11.2. The molecule has 1 N–H and O–H groups in total. The van der Waals surface area contributed by atoms with Crippen LogP contribution in [0.2, 0.25) is 5.15 Å². The number of hydrogen-bond donors (Lipinski definition) is 1. The zero-order chi connectivity index (χ0) is 22.4. The van der Waals surface area contributed by atoms with Crippen molar-refractivity contribution in [2.75, 3.05) is 69.6 Å². The number of nitrogens with zero attached hydrogens (tertiary/aromatic N) is 6. The van der Waals surface area contributed by atoms with Crippen LogP contribution in [0.1, 0.15) is 20.8 Å². The highest BCUT2D eigenvalue weighted by Gasteiger charge is 2.28. The first-order chi connectivity index (χ1) is 14.9. The van der Waals surface area contributed by atoms with Crippen molar-refractivity contribution in [2.24, 2.45) is 0 Å². The molecule has 31 heavy (non-hydrogen) atoms. The number of carbonyl (C=O) groups is 2. The van der Waals surface area contributed by atoms with Crippen LogP contribution in [0.4, 0.5) is 10.6 Å². The van der Waals surface area contributed by atoms with Gasteiger partial charge in [-0.15, -0.1) is 0 Å². The first-order valence-corrected chi connectivity index (χ1v) is 12.2. The molecular formula is C20H32ClN7O2S. The molecule has 172 valence electrons. The van der Waals surface area contributed by atoms with Gasteiger partial charge in [0.2, 0.25) is 5.91 Å². The number of rotatable bonds is 6. The Labute approximate surface area is 193 Å². The van der Waals surface area contributed by atoms with E-state index in [2.05, 4.69) is 32.0 Å². The van der Waals surface area contributed by atoms with Crippen molar-refractivity contribution in [1.29, 1.82) is 0 Å². The van der Waals surface area contributed by atoms with Gasteiger partial charge in [0.25, 0.3) is 0 Å². The molecule has 0 saturated carbocycles. The Morgan fingerprint density at radius 3 is 2.55 bits per heavy atom. The molecule has 11 heteroatoms. The number of thioether (sulfide) groups is 1. The number of anilines is 1. The van der Waals surface area contributed by atoms with Crippen LogP contribution in [-0.2, 0) is 4.79 Å². The van der Waals surface area contributed by atoms with E-state index in [0.29, 0.717) is 42.2 Å². The molecule has 2 saturated heterocycles. The van der Waals surface area contributed by atoms with Crippen molar-refractivity contribution in [2.45, 2.75) is 32.0 Å². The molecule has 0 bridgehead atoms. The van der Waals surface area contributed by atoms with Gasteiger partial charge in [-0.25, -0.2) is 14.8 Å². The van der Waals surface area contributed by atoms with Gasteiger partial charge in [-0.3, -0.25) is 4.79 Å². The summed E-state index contributed by atoms with van der Waals surface area (Å²) in [5.74, 6) is 1.14. The third-order valence-corrected chi connectivity index (χ3v) is 6.72. The van der Waals surface area contributed by atoms with E-state index >= 15 is 0 Å². The molecule has 0 aliphatic carbocycles. The smallest absolute Gasteiger partial charge is 0.317 e. The van der Waals surface area contributed by atoms with Crippen LogP contribution in [-0.4, -0.2) is 107 Å². The summed E-state index contributed by atoms with van der Waals surface area (Å²) in [6, 6.07) is 1.75. The first-order valence-electron chi connectivity index (χ1n) is 10.9. The number of urea groups is 1. The zero-order valence-corrected chi connectivity index (χ0v) is 20.1. The lowest BCUT2D eigenvalue weighted by Gasteiger charge is -2.40. The van der Waals surface area contributed by atoms with E-state index in [-0.39, 0.29) is 18.0 Å². The standard InChI is InChI=1S/C20H32ClN7O2S/c1-4-22-20(30)28-11-10-27(13-15(28)3)17-12-16(21)23-19(24-17)31-14-18(29)26-8-6-25(5-2)7-9-26/h12,15H,4-11,13-14H2,1-3H3,(H,22,30). The quantitative estimate of drug-likeness (QED) is 0.385. The maximum atomic E-state index is 12.6. The molecule has 2 aliphatic heterocycles. The highest BCUT2D eigenvalue weighted by molar-refractivity contribution is 7.99. The van der Waals surface area contributed by atoms with Gasteiger partial charge in [0.05, 0.1) is 5.75 Å². The lowest BCUT2D eigenvalue weighted by atomic mass is 10.2. The van der Waals surface area contributed by atoms with Gasteiger partial charge in [-0.2, -0.15) is 0 Å². The molecular weight excluding hydrogens is 438 g/mol. The summed E-state index contributed by atoms with van der Waals surface area (Å²) in [5.41, 5.74) is 0. The Morgan fingerprint density at radius 1 is 1.16 bits per heavy atom. The Bertz CT molecular complexity index is 776. The molecule has 1 aromatic rings. The largest absolute Gasteiger partial charge is 0.353 e. The van der Waals surface area contributed by atoms with Crippen LogP contribution in [0.15, 0.2) is 11.2 Å². The van der Waals surface area contributed by atoms with Gasteiger partial charge in [0.15, 0.2) is 5.16 Å². The third-order valence-electron chi connectivity index (χ3n) is 5.70. The summed E-state index contributed by atoms with van der Waals surface area (Å²) >= 11 is 7.58. The molecule has 1 atom stereocenters. The lowest BCUT2D eigenvalue weighted by molar-refractivity contribution is -0.130. The maximum Gasteiger partial charge on any atom is 0.317 e. The fourth-order valence-corrected chi connectivity index (χ4v) is 4.85. The van der Waals surface area contributed by atoms with Crippen LogP contribution in [0.3, 0.4) is 0 Å². The van der Waals surface area contributed by atoms with Crippen molar-refractivity contribution >= 4 is 41.1 Å². The van der Waals surface area contributed by atoms with Crippen LogP contribution >= 0.6 is 23.4 Å². The van der Waals surface area contributed by atoms with Crippen molar-refractivity contribution in [3.05, 3.63) is 11.2 Å². The fourth-order valence-electron chi connectivity index (χ4n) is 3.86. The van der Waals surface area contributed by atoms with Crippen molar-refractivity contribution < 1.29 is 9.59 Å². The Balaban J connectivity index is 1.57. The minimum Gasteiger partial charge on any atom is -0.353 e. The van der Waals surface area contributed by atoms with Gasteiger partial charge < -0.3 is 24.9 Å². The lowest BCUT2D eigenvalue weighted by Crippen LogP contribution is -2.56. The Hall–Kier alpha value is -1.78. The Morgan fingerprint density at radius 2 is 1.90 bits per heavy atom. The molecule has 3 amide bonds. The van der Waals surface area contributed by atoms with E-state index in [1.807, 2.05) is 23.6 Å². The molecule has 0 aromatic carbocycles. The van der Waals surface area contributed by atoms with Gasteiger partial charge in [0.1, 0.15) is 11.0 Å². The molecule has 0 radical (unpaired) electrons. The highest BCUT2D eigenvalue weighted by Crippen LogP contribution is 2.24. The minimum atomic E-state index is -0.0371. The number of amides is 3. The topological polar surface area (TPSA) is 84.9 Å². The van der Waals surface area contributed by atoms with E-state index in [1.54, 1.807) is 6.07 Å². The number of nitrogens with one attached hydrogen (secondary N) is 1. The second-order valence-corrected chi connectivity index (χ2v) is 9.09. The van der Waals surface area contributed by atoms with E-state index in [9.17, 15) is 9.59 Å². The monoisotopic (exact) mass is 469 g/mol. The van der Waals surface area contributed by atoms with Crippen LogP contribution < -0.4 is 10.2 Å². The molecule has 2 aliphatic rings. The van der Waals surface area contributed by atoms with Crippen LogP contribution in [0, 0.1) is 0 Å². The fraction of sp³-hybridized carbons (Fsp3) is 0.700. The van der Waals surface area contributed by atoms with Crippen LogP contribution in [0.5, 0.6) is 0 Å². The molecule has 1 unspecified atom stereocenters. The average molecular weight is 470 g/mol. The Kier molecular flexibility index (Phi) is 8.62. The normalized spacial score (nSPS) is 20.1. The number of hydrogen-bond acceptors (Lipinski definition) is 7. The van der Waals surface area contributed by atoms with Gasteiger partial charge in [-0.05, 0) is 20.4 Å². The van der Waals surface area contributed by atoms with Crippen molar-refractivity contribution in [1.82, 2.24) is 30.0 Å². The summed E-state index contributed by atoms with van der Waals surface area (Å²) < 4.78 is 0. The number of aromatic nitrogens is 2. The van der Waals surface area contributed by atoms with E-state index in [4.69, 9.17) is 11.6 Å². The summed E-state index contributed by atoms with van der Waals surface area (Å²) in [5, 5.41) is 3.72. The first kappa shape index (κ1) is 23.9. The van der Waals surface area contributed by atoms with E-state index < -0.39 is 0 Å². The van der Waals surface area contributed by atoms with Crippen molar-refractivity contribution in [3.63, 3.8) is 0 Å². The summed E-state index contributed by atoms with van der Waals surface area (Å²) in [6.07, 6.45) is 0. The number of carbonyl (C=O) groups excluding carboxylic acids is 2. The van der Waals surface area contributed by atoms with E-state index in [1.165, 1.54) is 11.8 Å². The average Bonchev–Trinajstić information content (AvgIpc) is 2.77. The minimum absolute atomic E-state index is 0.0371. The zero-order valence-electron chi connectivity index (χ0n) is 18.5.